The summed E-state index contributed by atoms with van der Waals surface area (Å²) in [6, 6.07) is 4.30. The number of methoxy groups -OCH3 is 1. The van der Waals surface area contributed by atoms with E-state index in [-0.39, 0.29) is 23.8 Å². The topological polar surface area (TPSA) is 76.1 Å². The Balaban J connectivity index is 1.89. The second kappa shape index (κ2) is 8.41. The molecule has 0 aliphatic carbocycles. The molecule has 0 bridgehead atoms. The number of phenols is 1. The van der Waals surface area contributed by atoms with Gasteiger partial charge in [0.15, 0.2) is 6.61 Å². The number of carbonyl (C=O) groups is 2. The second-order valence-corrected chi connectivity index (χ2v) is 5.61. The van der Waals surface area contributed by atoms with E-state index in [1.54, 1.807) is 11.0 Å². The lowest BCUT2D eigenvalue weighted by molar-refractivity contribution is -0.134. The van der Waals surface area contributed by atoms with Gasteiger partial charge in [-0.2, -0.15) is 0 Å². The van der Waals surface area contributed by atoms with Crippen molar-refractivity contribution in [2.45, 2.75) is 32.1 Å². The highest BCUT2D eigenvalue weighted by molar-refractivity contribution is 5.94. The predicted molar refractivity (Wildman–Crippen MR) is 84.6 cm³/mol. The van der Waals surface area contributed by atoms with Crippen LogP contribution in [0.25, 0.3) is 0 Å². The van der Waals surface area contributed by atoms with Gasteiger partial charge in [0.25, 0.3) is 5.91 Å². The largest absolute Gasteiger partial charge is 0.507 e. The molecule has 1 aliphatic rings. The first-order chi connectivity index (χ1) is 11.1. The van der Waals surface area contributed by atoms with Crippen molar-refractivity contribution in [3.63, 3.8) is 0 Å². The summed E-state index contributed by atoms with van der Waals surface area (Å²) < 4.78 is 9.99. The van der Waals surface area contributed by atoms with Gasteiger partial charge in [0, 0.05) is 19.2 Å². The molecule has 0 atom stereocenters. The third-order valence-electron chi connectivity index (χ3n) is 3.96. The van der Waals surface area contributed by atoms with E-state index in [9.17, 15) is 14.7 Å². The average Bonchev–Trinajstić information content (AvgIpc) is 2.51. The normalized spacial score (nSPS) is 15.4. The van der Waals surface area contributed by atoms with Gasteiger partial charge in [-0.25, -0.2) is 4.79 Å². The van der Waals surface area contributed by atoms with Crippen molar-refractivity contribution < 1.29 is 24.2 Å². The summed E-state index contributed by atoms with van der Waals surface area (Å²) in [6.45, 7) is 1.12. The average molecular weight is 321 g/mol. The van der Waals surface area contributed by atoms with Crippen molar-refractivity contribution in [1.29, 1.82) is 0 Å². The number of carbonyl (C=O) groups excluding carboxylic acids is 2. The molecule has 6 heteroatoms. The van der Waals surface area contributed by atoms with Crippen LogP contribution in [0, 0.1) is 0 Å². The maximum absolute atomic E-state index is 12.2. The van der Waals surface area contributed by atoms with Crippen LogP contribution in [0.3, 0.4) is 0 Å². The van der Waals surface area contributed by atoms with Crippen molar-refractivity contribution in [3.8, 4) is 11.5 Å². The van der Waals surface area contributed by atoms with E-state index >= 15 is 0 Å². The Hall–Kier alpha value is -2.24. The standard InChI is InChI=1S/C17H23NO5/c1-22-13-7-8-14(15(19)11-13)17(21)23-12-16(20)18-9-5-3-2-4-6-10-18/h7-8,11,19H,2-6,9-10,12H2,1H3. The maximum Gasteiger partial charge on any atom is 0.342 e. The number of aromatic hydroxyl groups is 1. The van der Waals surface area contributed by atoms with Crippen LogP contribution in [0.5, 0.6) is 11.5 Å². The summed E-state index contributed by atoms with van der Waals surface area (Å²) in [5.41, 5.74) is 0.0197. The van der Waals surface area contributed by atoms with Crippen LogP contribution in [-0.2, 0) is 9.53 Å². The van der Waals surface area contributed by atoms with E-state index in [0.29, 0.717) is 18.8 Å². The number of hydrogen-bond acceptors (Lipinski definition) is 5. The van der Waals surface area contributed by atoms with Crippen molar-refractivity contribution in [1.82, 2.24) is 4.90 Å². The molecule has 0 radical (unpaired) electrons. The summed E-state index contributed by atoms with van der Waals surface area (Å²) in [6.07, 6.45) is 5.44. The SMILES string of the molecule is COc1ccc(C(=O)OCC(=O)N2CCCCCCC2)c(O)c1. The van der Waals surface area contributed by atoms with Crippen LogP contribution in [-0.4, -0.2) is 48.7 Å². The number of phenolic OH excluding ortho intramolecular Hbond substituents is 1. The van der Waals surface area contributed by atoms with Gasteiger partial charge in [-0.05, 0) is 25.0 Å². The quantitative estimate of drug-likeness (QED) is 0.862. The van der Waals surface area contributed by atoms with E-state index in [1.165, 1.54) is 25.7 Å². The summed E-state index contributed by atoms with van der Waals surface area (Å²) in [5, 5.41) is 9.80. The number of rotatable bonds is 4. The number of hydrogen-bond donors (Lipinski definition) is 1. The summed E-state index contributed by atoms with van der Waals surface area (Å²) in [5.74, 6) is -0.692. The molecule has 0 saturated carbocycles. The molecule has 0 aromatic heterocycles. The third-order valence-corrected chi connectivity index (χ3v) is 3.96. The Morgan fingerprint density at radius 1 is 1.13 bits per heavy atom. The number of nitrogens with zero attached hydrogens (tertiary/aromatic N) is 1. The predicted octanol–water partition coefficient (Wildman–Crippen LogP) is 2.35. The Bertz CT molecular complexity index is 550. The summed E-state index contributed by atoms with van der Waals surface area (Å²) >= 11 is 0. The molecule has 2 rings (SSSR count). The van der Waals surface area contributed by atoms with Crippen LogP contribution in [0.4, 0.5) is 0 Å². The zero-order chi connectivity index (χ0) is 16.7. The van der Waals surface area contributed by atoms with E-state index in [0.717, 1.165) is 25.7 Å². The lowest BCUT2D eigenvalue weighted by atomic mass is 10.1. The Kier molecular flexibility index (Phi) is 6.26. The lowest BCUT2D eigenvalue weighted by Gasteiger charge is -2.24. The molecule has 1 amide bonds. The number of likely N-dealkylation sites (tertiary alicyclic amines) is 1. The minimum Gasteiger partial charge on any atom is -0.507 e. The molecule has 0 unspecified atom stereocenters. The number of esters is 1. The van der Waals surface area contributed by atoms with Gasteiger partial charge in [0.2, 0.25) is 0 Å². The molecule has 1 fully saturated rings. The molecular weight excluding hydrogens is 298 g/mol. The molecule has 1 heterocycles. The van der Waals surface area contributed by atoms with Crippen molar-refractivity contribution in [3.05, 3.63) is 23.8 Å². The molecule has 126 valence electrons. The fourth-order valence-corrected chi connectivity index (χ4v) is 2.60. The molecule has 1 aromatic carbocycles. The second-order valence-electron chi connectivity index (χ2n) is 5.61. The van der Waals surface area contributed by atoms with Gasteiger partial charge in [-0.1, -0.05) is 19.3 Å². The fourth-order valence-electron chi connectivity index (χ4n) is 2.60. The third kappa shape index (κ3) is 4.87. The molecule has 6 nitrogen and oxygen atoms in total. The van der Waals surface area contributed by atoms with E-state index in [4.69, 9.17) is 9.47 Å². The van der Waals surface area contributed by atoms with Gasteiger partial charge in [0.1, 0.15) is 17.1 Å². The Morgan fingerprint density at radius 2 is 1.78 bits per heavy atom. The highest BCUT2D eigenvalue weighted by Crippen LogP contribution is 2.24. The monoisotopic (exact) mass is 321 g/mol. The van der Waals surface area contributed by atoms with Crippen LogP contribution in [0.15, 0.2) is 18.2 Å². The molecule has 1 N–H and O–H groups in total. The molecule has 1 aliphatic heterocycles. The van der Waals surface area contributed by atoms with Crippen LogP contribution in [0.1, 0.15) is 42.5 Å². The fraction of sp³-hybridized carbons (Fsp3) is 0.529. The zero-order valence-electron chi connectivity index (χ0n) is 13.4. The molecule has 1 aromatic rings. The van der Waals surface area contributed by atoms with E-state index in [2.05, 4.69) is 0 Å². The number of ether oxygens (including phenoxy) is 2. The Labute approximate surface area is 136 Å². The first-order valence-corrected chi connectivity index (χ1v) is 7.93. The first kappa shape index (κ1) is 17.1. The minimum absolute atomic E-state index is 0.0197. The highest BCUT2D eigenvalue weighted by atomic mass is 16.5. The van der Waals surface area contributed by atoms with E-state index < -0.39 is 5.97 Å². The van der Waals surface area contributed by atoms with Gasteiger partial charge in [-0.15, -0.1) is 0 Å². The summed E-state index contributed by atoms with van der Waals surface area (Å²) in [4.78, 5) is 25.9. The smallest absolute Gasteiger partial charge is 0.342 e. The zero-order valence-corrected chi connectivity index (χ0v) is 13.4. The molecular formula is C17H23NO5. The van der Waals surface area contributed by atoms with Gasteiger partial charge in [0.05, 0.1) is 7.11 Å². The molecule has 0 spiro atoms. The van der Waals surface area contributed by atoms with Crippen LogP contribution in [0.2, 0.25) is 0 Å². The van der Waals surface area contributed by atoms with Crippen LogP contribution >= 0.6 is 0 Å². The van der Waals surface area contributed by atoms with Gasteiger partial charge in [-0.3, -0.25) is 4.79 Å². The number of amides is 1. The highest BCUT2D eigenvalue weighted by Gasteiger charge is 2.19. The maximum atomic E-state index is 12.2. The van der Waals surface area contributed by atoms with Crippen molar-refractivity contribution >= 4 is 11.9 Å². The van der Waals surface area contributed by atoms with Gasteiger partial charge < -0.3 is 19.5 Å². The van der Waals surface area contributed by atoms with Gasteiger partial charge >= 0.3 is 5.97 Å². The summed E-state index contributed by atoms with van der Waals surface area (Å²) in [7, 11) is 1.47. The Morgan fingerprint density at radius 3 is 2.39 bits per heavy atom. The first-order valence-electron chi connectivity index (χ1n) is 7.93. The van der Waals surface area contributed by atoms with Crippen LogP contribution < -0.4 is 4.74 Å². The number of benzene rings is 1. The van der Waals surface area contributed by atoms with Crippen molar-refractivity contribution in [2.24, 2.45) is 0 Å². The molecule has 23 heavy (non-hydrogen) atoms. The van der Waals surface area contributed by atoms with E-state index in [1.807, 2.05) is 0 Å². The van der Waals surface area contributed by atoms with Crippen molar-refractivity contribution in [2.75, 3.05) is 26.8 Å². The molecule has 1 saturated heterocycles. The minimum atomic E-state index is -0.717. The lowest BCUT2D eigenvalue weighted by Crippen LogP contribution is -2.36.